The van der Waals surface area contributed by atoms with Crippen molar-refractivity contribution in [3.8, 4) is 11.3 Å². The number of hydrogen-bond acceptors (Lipinski definition) is 4. The fourth-order valence-electron chi connectivity index (χ4n) is 4.23. The van der Waals surface area contributed by atoms with Crippen molar-refractivity contribution in [1.82, 2.24) is 9.71 Å². The highest BCUT2D eigenvalue weighted by Crippen LogP contribution is 2.50. The first kappa shape index (κ1) is 22.2. The number of pyridine rings is 2. The maximum atomic E-state index is 14.3. The minimum absolute atomic E-state index is 0.101. The molecule has 1 aromatic carbocycles. The van der Waals surface area contributed by atoms with Crippen LogP contribution in [0.4, 0.5) is 22.0 Å². The minimum atomic E-state index is -4.70. The van der Waals surface area contributed by atoms with Gasteiger partial charge in [0.15, 0.2) is 22.7 Å². The zero-order chi connectivity index (χ0) is 23.4. The molecule has 4 rings (SSSR count). The lowest BCUT2D eigenvalue weighted by Gasteiger charge is -2.44. The first-order valence-electron chi connectivity index (χ1n) is 9.78. The zero-order valence-electron chi connectivity index (χ0n) is 17.1. The second-order valence-corrected chi connectivity index (χ2v) is 8.20. The number of alkyl halides is 3. The normalized spacial score (nSPS) is 24.1. The number of hydrogen-bond donors (Lipinski definition) is 1. The molecular weight excluding hydrogens is 435 g/mol. The van der Waals surface area contributed by atoms with Crippen LogP contribution < -0.4 is 5.43 Å². The fraction of sp³-hybridized carbons (Fsp3) is 0.364. The lowest BCUT2D eigenvalue weighted by atomic mass is 9.73. The summed E-state index contributed by atoms with van der Waals surface area (Å²) < 4.78 is 75.2. The lowest BCUT2D eigenvalue weighted by Crippen LogP contribution is -2.51. The summed E-state index contributed by atoms with van der Waals surface area (Å²) in [5, 5.41) is 9.53. The van der Waals surface area contributed by atoms with Gasteiger partial charge in [-0.15, -0.1) is 0 Å². The van der Waals surface area contributed by atoms with Gasteiger partial charge in [-0.1, -0.05) is 6.07 Å². The molecule has 1 saturated heterocycles. The molecule has 10 heteroatoms. The Balaban J connectivity index is 1.87. The van der Waals surface area contributed by atoms with Crippen molar-refractivity contribution in [3.63, 3.8) is 0 Å². The summed E-state index contributed by atoms with van der Waals surface area (Å²) in [4.78, 5) is 17.0. The Morgan fingerprint density at radius 2 is 1.94 bits per heavy atom. The maximum absolute atomic E-state index is 14.3. The van der Waals surface area contributed by atoms with Gasteiger partial charge in [0, 0.05) is 18.2 Å². The molecular formula is C22H19F5N2O3. The quantitative estimate of drug-likeness (QED) is 0.447. The molecule has 5 nitrogen and oxygen atoms in total. The van der Waals surface area contributed by atoms with Crippen LogP contribution in [0.25, 0.3) is 11.3 Å². The number of halogens is 5. The standard InChI is InChI=1S/C22H19F5N2O3/c1-11-12(3-4-16(23)20(11)24)13-8-21(2,22(25,26)27)32-10-15(13)18-7-19(30)14-9-29(31)6-5-17(14)28-18/h3-7,9,13,15,31H,8,10H2,1-2H3/t13-,15+,21+/m0/s1. The number of aromatic nitrogens is 2. The van der Waals surface area contributed by atoms with E-state index in [0.717, 1.165) is 13.0 Å². The second-order valence-electron chi connectivity index (χ2n) is 8.20. The molecule has 32 heavy (non-hydrogen) atoms. The van der Waals surface area contributed by atoms with Crippen LogP contribution in [0.3, 0.4) is 0 Å². The molecule has 170 valence electrons. The number of fused-ring (bicyclic) bond motifs is 1. The molecule has 3 aliphatic heterocycles. The molecule has 0 saturated carbocycles. The summed E-state index contributed by atoms with van der Waals surface area (Å²) >= 11 is 0. The van der Waals surface area contributed by atoms with Gasteiger partial charge in [0.05, 0.1) is 29.8 Å². The Hall–Kier alpha value is -3.01. The Morgan fingerprint density at radius 3 is 2.62 bits per heavy atom. The molecule has 3 heterocycles. The molecule has 0 aromatic heterocycles. The average molecular weight is 454 g/mol. The van der Waals surface area contributed by atoms with E-state index in [4.69, 9.17) is 4.74 Å². The molecule has 0 radical (unpaired) electrons. The third kappa shape index (κ3) is 3.62. The van der Waals surface area contributed by atoms with Gasteiger partial charge in [-0.2, -0.15) is 13.2 Å². The van der Waals surface area contributed by atoms with Crippen LogP contribution in [0.5, 0.6) is 0 Å². The lowest BCUT2D eigenvalue weighted by molar-refractivity contribution is -0.286. The molecule has 0 amide bonds. The molecule has 0 spiro atoms. The number of ether oxygens (including phenoxy) is 1. The first-order valence-corrected chi connectivity index (χ1v) is 9.78. The monoisotopic (exact) mass is 454 g/mol. The van der Waals surface area contributed by atoms with E-state index in [9.17, 15) is 32.0 Å². The van der Waals surface area contributed by atoms with Crippen molar-refractivity contribution in [2.24, 2.45) is 0 Å². The molecule has 0 bridgehead atoms. The summed E-state index contributed by atoms with van der Waals surface area (Å²) in [6.07, 6.45) is -2.83. The number of nitrogens with zero attached hydrogens (tertiary/aromatic N) is 2. The zero-order valence-corrected chi connectivity index (χ0v) is 17.1. The summed E-state index contributed by atoms with van der Waals surface area (Å²) in [5.74, 6) is -3.99. The van der Waals surface area contributed by atoms with Gasteiger partial charge in [0.2, 0.25) is 0 Å². The summed E-state index contributed by atoms with van der Waals surface area (Å²) in [6, 6.07) is 4.71. The van der Waals surface area contributed by atoms with E-state index in [1.807, 2.05) is 0 Å². The second kappa shape index (κ2) is 7.54. The van der Waals surface area contributed by atoms with Crippen LogP contribution >= 0.6 is 0 Å². The van der Waals surface area contributed by atoms with Crippen LogP contribution in [-0.4, -0.2) is 33.3 Å². The van der Waals surface area contributed by atoms with Gasteiger partial charge < -0.3 is 9.94 Å². The third-order valence-electron chi connectivity index (χ3n) is 6.15. The van der Waals surface area contributed by atoms with Crippen molar-refractivity contribution in [1.29, 1.82) is 0 Å². The third-order valence-corrected chi connectivity index (χ3v) is 6.15. The van der Waals surface area contributed by atoms with Gasteiger partial charge in [-0.25, -0.2) is 13.5 Å². The van der Waals surface area contributed by atoms with Gasteiger partial charge in [-0.05, 0) is 49.4 Å². The Bertz CT molecular complexity index is 1210. The van der Waals surface area contributed by atoms with E-state index in [1.54, 1.807) is 0 Å². The summed E-state index contributed by atoms with van der Waals surface area (Å²) in [7, 11) is 0. The number of rotatable bonds is 2. The predicted octanol–water partition coefficient (Wildman–Crippen LogP) is 4.78. The van der Waals surface area contributed by atoms with Crippen LogP contribution in [0.15, 0.2) is 41.5 Å². The van der Waals surface area contributed by atoms with E-state index in [-0.39, 0.29) is 28.1 Å². The highest BCUT2D eigenvalue weighted by Gasteiger charge is 2.57. The molecule has 3 aliphatic rings. The van der Waals surface area contributed by atoms with E-state index >= 15 is 0 Å². The molecule has 1 aromatic rings. The SMILES string of the molecule is Cc1c([C@@H]2C[C@](C)(C(F)(F)F)OC[C@H]2c2cc(=O)c3cn(O)ccc-3n2)ccc(F)c1F. The van der Waals surface area contributed by atoms with Crippen molar-refractivity contribution in [3.05, 3.63) is 75.3 Å². The van der Waals surface area contributed by atoms with Gasteiger partial charge in [0.25, 0.3) is 0 Å². The van der Waals surface area contributed by atoms with Gasteiger partial charge >= 0.3 is 6.18 Å². The molecule has 1 N–H and O–H groups in total. The predicted molar refractivity (Wildman–Crippen MR) is 104 cm³/mol. The van der Waals surface area contributed by atoms with E-state index < -0.39 is 53.7 Å². The molecule has 1 fully saturated rings. The van der Waals surface area contributed by atoms with E-state index in [0.29, 0.717) is 4.73 Å². The molecule has 3 atom stereocenters. The van der Waals surface area contributed by atoms with Crippen LogP contribution in [0.1, 0.15) is 42.0 Å². The topological polar surface area (TPSA) is 64.3 Å². The number of benzene rings is 1. The van der Waals surface area contributed by atoms with Crippen LogP contribution in [0.2, 0.25) is 0 Å². The van der Waals surface area contributed by atoms with Crippen molar-refractivity contribution >= 4 is 0 Å². The first-order chi connectivity index (χ1) is 14.9. The van der Waals surface area contributed by atoms with Crippen molar-refractivity contribution in [2.45, 2.75) is 43.9 Å². The Kier molecular flexibility index (Phi) is 5.23. The highest BCUT2D eigenvalue weighted by molar-refractivity contribution is 5.59. The van der Waals surface area contributed by atoms with Gasteiger partial charge in [0.1, 0.15) is 0 Å². The van der Waals surface area contributed by atoms with Crippen LogP contribution in [-0.2, 0) is 4.74 Å². The Labute approximate surface area is 179 Å². The summed E-state index contributed by atoms with van der Waals surface area (Å²) in [5.41, 5.74) is -2.36. The Morgan fingerprint density at radius 1 is 1.22 bits per heavy atom. The van der Waals surface area contributed by atoms with Crippen LogP contribution in [0, 0.1) is 18.6 Å². The van der Waals surface area contributed by atoms with Crippen molar-refractivity contribution in [2.75, 3.05) is 6.61 Å². The summed E-state index contributed by atoms with van der Waals surface area (Å²) in [6.45, 7) is 1.79. The van der Waals surface area contributed by atoms with Crippen molar-refractivity contribution < 1.29 is 31.9 Å². The molecule has 0 aliphatic carbocycles. The smallest absolute Gasteiger partial charge is 0.417 e. The highest BCUT2D eigenvalue weighted by atomic mass is 19.4. The van der Waals surface area contributed by atoms with E-state index in [2.05, 4.69) is 4.98 Å². The minimum Gasteiger partial charge on any atom is -0.429 e. The van der Waals surface area contributed by atoms with E-state index in [1.165, 1.54) is 37.5 Å². The van der Waals surface area contributed by atoms with Gasteiger partial charge in [-0.3, -0.25) is 9.78 Å². The molecule has 0 unspecified atom stereocenters. The largest absolute Gasteiger partial charge is 0.429 e. The average Bonchev–Trinajstić information content (AvgIpc) is 2.72. The maximum Gasteiger partial charge on any atom is 0.417 e. The fourth-order valence-corrected chi connectivity index (χ4v) is 4.23.